The van der Waals surface area contributed by atoms with Crippen molar-refractivity contribution in [3.63, 3.8) is 0 Å². The summed E-state index contributed by atoms with van der Waals surface area (Å²) in [5, 5.41) is 16.8. The average molecular weight is 159 g/mol. The van der Waals surface area contributed by atoms with Gasteiger partial charge in [0.05, 0.1) is 5.92 Å². The Labute approximate surface area is 62.8 Å². The lowest BCUT2D eigenvalue weighted by Gasteiger charge is -2.01. The number of carboxylic acids is 2. The zero-order chi connectivity index (χ0) is 8.59. The Morgan fingerprint density at radius 2 is 2.00 bits per heavy atom. The first-order valence-corrected chi connectivity index (χ1v) is 3.25. The zero-order valence-electron chi connectivity index (χ0n) is 5.73. The molecule has 62 valence electrons. The van der Waals surface area contributed by atoms with Crippen molar-refractivity contribution in [2.75, 3.05) is 0 Å². The van der Waals surface area contributed by atoms with E-state index < -0.39 is 23.9 Å². The summed E-state index contributed by atoms with van der Waals surface area (Å²) in [6.07, 6.45) is 0.392. The minimum absolute atomic E-state index is 0.370. The number of carbonyl (C=O) groups is 2. The van der Waals surface area contributed by atoms with Crippen LogP contribution in [0.2, 0.25) is 0 Å². The lowest BCUT2D eigenvalue weighted by molar-refractivity contribution is -0.140. The highest BCUT2D eigenvalue weighted by Gasteiger charge is 2.49. The molecule has 3 atom stereocenters. The smallest absolute Gasteiger partial charge is 0.320 e. The van der Waals surface area contributed by atoms with Gasteiger partial charge in [0.2, 0.25) is 0 Å². The minimum Gasteiger partial charge on any atom is -0.481 e. The van der Waals surface area contributed by atoms with Crippen LogP contribution in [0, 0.1) is 11.8 Å². The van der Waals surface area contributed by atoms with Gasteiger partial charge in [-0.05, 0) is 12.3 Å². The van der Waals surface area contributed by atoms with Crippen molar-refractivity contribution in [3.05, 3.63) is 0 Å². The number of nitrogens with two attached hydrogens (primary N) is 1. The van der Waals surface area contributed by atoms with Gasteiger partial charge in [0.25, 0.3) is 0 Å². The lowest BCUT2D eigenvalue weighted by Crippen LogP contribution is -2.33. The third-order valence-electron chi connectivity index (χ3n) is 1.90. The molecule has 4 N–H and O–H groups in total. The van der Waals surface area contributed by atoms with Crippen LogP contribution in [0.15, 0.2) is 0 Å². The van der Waals surface area contributed by atoms with Gasteiger partial charge >= 0.3 is 11.9 Å². The topological polar surface area (TPSA) is 101 Å². The highest BCUT2D eigenvalue weighted by Crippen LogP contribution is 2.40. The van der Waals surface area contributed by atoms with E-state index in [0.717, 1.165) is 0 Å². The van der Waals surface area contributed by atoms with E-state index in [1.54, 1.807) is 0 Å². The Morgan fingerprint density at radius 3 is 2.27 bits per heavy atom. The van der Waals surface area contributed by atoms with Gasteiger partial charge < -0.3 is 15.9 Å². The number of carboxylic acid groups (broad SMARTS) is 2. The second-order valence-corrected chi connectivity index (χ2v) is 2.71. The molecule has 0 aliphatic heterocycles. The van der Waals surface area contributed by atoms with Crippen molar-refractivity contribution < 1.29 is 19.8 Å². The molecule has 1 aliphatic rings. The average Bonchev–Trinajstić information content (AvgIpc) is 2.63. The fraction of sp³-hybridized carbons (Fsp3) is 0.667. The molecule has 0 aromatic rings. The summed E-state index contributed by atoms with van der Waals surface area (Å²) in [4.78, 5) is 20.5. The highest BCUT2D eigenvalue weighted by molar-refractivity contribution is 5.79. The predicted octanol–water partition coefficient (Wildman–Crippen LogP) is -0.881. The fourth-order valence-corrected chi connectivity index (χ4v) is 1.08. The number of hydrogen-bond donors (Lipinski definition) is 3. The summed E-state index contributed by atoms with van der Waals surface area (Å²) in [6.45, 7) is 0. The monoisotopic (exact) mass is 159 g/mol. The van der Waals surface area contributed by atoms with Crippen molar-refractivity contribution in [1.82, 2.24) is 0 Å². The van der Waals surface area contributed by atoms with Crippen LogP contribution in [0.1, 0.15) is 6.42 Å². The van der Waals surface area contributed by atoms with Crippen LogP contribution < -0.4 is 5.73 Å². The molecule has 0 aromatic heterocycles. The van der Waals surface area contributed by atoms with Crippen LogP contribution in [-0.4, -0.2) is 28.2 Å². The number of hydrogen-bond acceptors (Lipinski definition) is 3. The van der Waals surface area contributed by atoms with E-state index in [9.17, 15) is 9.59 Å². The minimum atomic E-state index is -1.13. The standard InChI is InChI=1S/C6H9NO4/c7-4(6(10)11)2-1-3(2)5(8)9/h2-4H,1,7H2,(H,8,9)(H,10,11)/t2-,3+,4?/m0/s1. The summed E-state index contributed by atoms with van der Waals surface area (Å²) in [7, 11) is 0. The van der Waals surface area contributed by atoms with E-state index >= 15 is 0 Å². The molecule has 1 fully saturated rings. The van der Waals surface area contributed by atoms with Gasteiger partial charge in [0.15, 0.2) is 0 Å². The maximum atomic E-state index is 10.3. The van der Waals surface area contributed by atoms with Crippen molar-refractivity contribution in [2.45, 2.75) is 12.5 Å². The molecule has 1 rings (SSSR count). The number of aliphatic carboxylic acids is 2. The van der Waals surface area contributed by atoms with Crippen LogP contribution >= 0.6 is 0 Å². The van der Waals surface area contributed by atoms with Crippen LogP contribution in [0.5, 0.6) is 0 Å². The number of rotatable bonds is 3. The van der Waals surface area contributed by atoms with E-state index in [4.69, 9.17) is 15.9 Å². The van der Waals surface area contributed by atoms with Crippen LogP contribution in [0.25, 0.3) is 0 Å². The molecule has 1 saturated carbocycles. The largest absolute Gasteiger partial charge is 0.481 e. The van der Waals surface area contributed by atoms with Crippen LogP contribution in [-0.2, 0) is 9.59 Å². The molecule has 1 aliphatic carbocycles. The summed E-state index contributed by atoms with van der Waals surface area (Å²) in [5.41, 5.74) is 5.19. The van der Waals surface area contributed by atoms with Gasteiger partial charge in [-0.3, -0.25) is 9.59 Å². The molecule has 0 amide bonds. The van der Waals surface area contributed by atoms with Gasteiger partial charge in [-0.25, -0.2) is 0 Å². The third-order valence-corrected chi connectivity index (χ3v) is 1.90. The lowest BCUT2D eigenvalue weighted by atomic mass is 10.1. The SMILES string of the molecule is NC(C(=O)O)[C@H]1C[C@H]1C(=O)O. The van der Waals surface area contributed by atoms with Crippen molar-refractivity contribution >= 4 is 11.9 Å². The van der Waals surface area contributed by atoms with E-state index in [0.29, 0.717) is 6.42 Å². The van der Waals surface area contributed by atoms with Crippen LogP contribution in [0.4, 0.5) is 0 Å². The molecule has 0 heterocycles. The second kappa shape index (κ2) is 2.50. The van der Waals surface area contributed by atoms with Crippen LogP contribution in [0.3, 0.4) is 0 Å². The zero-order valence-corrected chi connectivity index (χ0v) is 5.73. The first kappa shape index (κ1) is 8.00. The molecule has 0 spiro atoms. The Morgan fingerprint density at radius 1 is 1.45 bits per heavy atom. The van der Waals surface area contributed by atoms with Gasteiger partial charge in [-0.2, -0.15) is 0 Å². The second-order valence-electron chi connectivity index (χ2n) is 2.71. The molecule has 0 saturated heterocycles. The summed E-state index contributed by atoms with van der Waals surface area (Å²) < 4.78 is 0. The van der Waals surface area contributed by atoms with E-state index in [1.165, 1.54) is 0 Å². The molecule has 11 heavy (non-hydrogen) atoms. The van der Waals surface area contributed by atoms with Gasteiger partial charge in [-0.15, -0.1) is 0 Å². The van der Waals surface area contributed by atoms with Gasteiger partial charge in [0, 0.05) is 0 Å². The maximum absolute atomic E-state index is 10.3. The Hall–Kier alpha value is -1.10. The maximum Gasteiger partial charge on any atom is 0.320 e. The molecular weight excluding hydrogens is 150 g/mol. The predicted molar refractivity (Wildman–Crippen MR) is 34.8 cm³/mol. The molecule has 5 nitrogen and oxygen atoms in total. The highest BCUT2D eigenvalue weighted by atomic mass is 16.4. The van der Waals surface area contributed by atoms with E-state index in [-0.39, 0.29) is 5.92 Å². The Bertz CT molecular complexity index is 203. The Kier molecular flexibility index (Phi) is 1.82. The molecule has 0 bridgehead atoms. The first-order chi connectivity index (χ1) is 5.04. The molecule has 1 unspecified atom stereocenters. The Balaban J connectivity index is 2.43. The van der Waals surface area contributed by atoms with Crippen molar-refractivity contribution in [2.24, 2.45) is 17.6 Å². The normalized spacial score (nSPS) is 31.0. The molecule has 0 radical (unpaired) electrons. The van der Waals surface area contributed by atoms with E-state index in [1.807, 2.05) is 0 Å². The molecule has 5 heteroatoms. The first-order valence-electron chi connectivity index (χ1n) is 3.25. The molecular formula is C6H9NO4. The van der Waals surface area contributed by atoms with E-state index in [2.05, 4.69) is 0 Å². The van der Waals surface area contributed by atoms with Gasteiger partial charge in [-0.1, -0.05) is 0 Å². The fourth-order valence-electron chi connectivity index (χ4n) is 1.08. The molecule has 0 aromatic carbocycles. The summed E-state index contributed by atoms with van der Waals surface area (Å²) in [6, 6.07) is -1.02. The van der Waals surface area contributed by atoms with Crippen molar-refractivity contribution in [3.8, 4) is 0 Å². The summed E-state index contributed by atoms with van der Waals surface area (Å²) >= 11 is 0. The van der Waals surface area contributed by atoms with Gasteiger partial charge in [0.1, 0.15) is 6.04 Å². The third kappa shape index (κ3) is 1.48. The quantitative estimate of drug-likeness (QED) is 0.496. The van der Waals surface area contributed by atoms with Crippen molar-refractivity contribution in [1.29, 1.82) is 0 Å². The summed E-state index contributed by atoms with van der Waals surface area (Å²) in [5.74, 6) is -2.99.